The molecular weight excluding hydrogens is 288 g/mol. The lowest BCUT2D eigenvalue weighted by Crippen LogP contribution is -2.41. The second kappa shape index (κ2) is 7.38. The maximum Gasteiger partial charge on any atom is 0.243 e. The van der Waals surface area contributed by atoms with Crippen LogP contribution in [0.25, 0.3) is 0 Å². The quantitative estimate of drug-likeness (QED) is 0.714. The van der Waals surface area contributed by atoms with Crippen LogP contribution < -0.4 is 10.0 Å². The zero-order valence-electron chi connectivity index (χ0n) is 13.7. The van der Waals surface area contributed by atoms with Crippen LogP contribution in [-0.4, -0.2) is 37.3 Å². The van der Waals surface area contributed by atoms with Crippen molar-refractivity contribution in [3.63, 3.8) is 0 Å². The molecule has 7 heteroatoms. The van der Waals surface area contributed by atoms with E-state index in [-0.39, 0.29) is 16.4 Å². The standard InChI is InChI=1S/C14H28N4O2S/c1-6-7-15-8-9-18-11-13(10-16-18)21(19,20)17-12(2)14(3,4)5/h10-12,15,17H,6-9H2,1-5H3. The Morgan fingerprint density at radius 1 is 1.33 bits per heavy atom. The van der Waals surface area contributed by atoms with Gasteiger partial charge in [-0.25, -0.2) is 13.1 Å². The fourth-order valence-electron chi connectivity index (χ4n) is 1.58. The van der Waals surface area contributed by atoms with Crippen molar-refractivity contribution in [1.29, 1.82) is 0 Å². The number of hydrogen-bond acceptors (Lipinski definition) is 4. The maximum atomic E-state index is 12.3. The van der Waals surface area contributed by atoms with Crippen LogP contribution in [0.4, 0.5) is 0 Å². The molecule has 0 fully saturated rings. The molecular formula is C14H28N4O2S. The van der Waals surface area contributed by atoms with Crippen molar-refractivity contribution in [3.8, 4) is 0 Å². The molecule has 122 valence electrons. The third-order valence-electron chi connectivity index (χ3n) is 3.50. The van der Waals surface area contributed by atoms with Gasteiger partial charge in [-0.3, -0.25) is 4.68 Å². The van der Waals surface area contributed by atoms with Crippen LogP contribution in [0.5, 0.6) is 0 Å². The molecule has 0 bridgehead atoms. The van der Waals surface area contributed by atoms with Gasteiger partial charge in [0.25, 0.3) is 0 Å². The summed E-state index contributed by atoms with van der Waals surface area (Å²) in [4.78, 5) is 0.217. The van der Waals surface area contributed by atoms with Gasteiger partial charge in [0.15, 0.2) is 0 Å². The predicted octanol–water partition coefficient (Wildman–Crippen LogP) is 1.60. The van der Waals surface area contributed by atoms with Gasteiger partial charge in [0.1, 0.15) is 4.90 Å². The summed E-state index contributed by atoms with van der Waals surface area (Å²) in [5, 5.41) is 7.36. The van der Waals surface area contributed by atoms with Crippen LogP contribution in [0.3, 0.4) is 0 Å². The summed E-state index contributed by atoms with van der Waals surface area (Å²) in [7, 11) is -3.51. The number of hydrogen-bond donors (Lipinski definition) is 2. The van der Waals surface area contributed by atoms with Gasteiger partial charge in [-0.15, -0.1) is 0 Å². The van der Waals surface area contributed by atoms with E-state index >= 15 is 0 Å². The van der Waals surface area contributed by atoms with Crippen LogP contribution in [0, 0.1) is 5.41 Å². The second-order valence-electron chi connectivity index (χ2n) is 6.40. The second-order valence-corrected chi connectivity index (χ2v) is 8.11. The van der Waals surface area contributed by atoms with Gasteiger partial charge in [-0.2, -0.15) is 5.10 Å². The Morgan fingerprint density at radius 3 is 2.57 bits per heavy atom. The average Bonchev–Trinajstić information content (AvgIpc) is 2.82. The lowest BCUT2D eigenvalue weighted by atomic mass is 9.89. The van der Waals surface area contributed by atoms with Crippen molar-refractivity contribution < 1.29 is 8.42 Å². The molecule has 1 atom stereocenters. The lowest BCUT2D eigenvalue weighted by Gasteiger charge is -2.27. The van der Waals surface area contributed by atoms with E-state index in [2.05, 4.69) is 22.1 Å². The third kappa shape index (κ3) is 5.76. The van der Waals surface area contributed by atoms with Gasteiger partial charge in [0, 0.05) is 18.8 Å². The number of nitrogens with zero attached hydrogens (tertiary/aromatic N) is 2. The van der Waals surface area contributed by atoms with Crippen LogP contribution in [-0.2, 0) is 16.6 Å². The molecule has 0 aliphatic heterocycles. The highest BCUT2D eigenvalue weighted by Crippen LogP contribution is 2.20. The predicted molar refractivity (Wildman–Crippen MR) is 84.6 cm³/mol. The Bertz CT molecular complexity index is 531. The molecule has 0 radical (unpaired) electrons. The first-order valence-corrected chi connectivity index (χ1v) is 8.90. The Hall–Kier alpha value is -0.920. The molecule has 1 aromatic rings. The van der Waals surface area contributed by atoms with Crippen LogP contribution in [0.15, 0.2) is 17.3 Å². The Morgan fingerprint density at radius 2 is 2.00 bits per heavy atom. The molecule has 6 nitrogen and oxygen atoms in total. The van der Waals surface area contributed by atoms with Gasteiger partial charge < -0.3 is 5.32 Å². The number of nitrogens with one attached hydrogen (secondary N) is 2. The molecule has 1 aromatic heterocycles. The van der Waals surface area contributed by atoms with Crippen LogP contribution in [0.2, 0.25) is 0 Å². The normalized spacial score (nSPS) is 14.3. The van der Waals surface area contributed by atoms with E-state index in [1.807, 2.05) is 27.7 Å². The molecule has 0 saturated heterocycles. The topological polar surface area (TPSA) is 76.0 Å². The van der Waals surface area contributed by atoms with E-state index in [4.69, 9.17) is 0 Å². The highest BCUT2D eigenvalue weighted by atomic mass is 32.2. The van der Waals surface area contributed by atoms with Crippen molar-refractivity contribution in [3.05, 3.63) is 12.4 Å². The zero-order valence-corrected chi connectivity index (χ0v) is 14.5. The van der Waals surface area contributed by atoms with Crippen LogP contribution in [0.1, 0.15) is 41.0 Å². The SMILES string of the molecule is CCCNCCn1cc(S(=O)(=O)NC(C)C(C)(C)C)cn1. The minimum Gasteiger partial charge on any atom is -0.315 e. The molecule has 0 aromatic carbocycles. The zero-order chi connectivity index (χ0) is 16.1. The van der Waals surface area contributed by atoms with Crippen LogP contribution >= 0.6 is 0 Å². The first kappa shape index (κ1) is 18.1. The molecule has 0 aliphatic carbocycles. The van der Waals surface area contributed by atoms with Crippen molar-refractivity contribution in [2.75, 3.05) is 13.1 Å². The summed E-state index contributed by atoms with van der Waals surface area (Å²) < 4.78 is 29.0. The largest absolute Gasteiger partial charge is 0.315 e. The summed E-state index contributed by atoms with van der Waals surface area (Å²) in [6.07, 6.45) is 4.05. The number of rotatable bonds is 8. The van der Waals surface area contributed by atoms with Gasteiger partial charge in [0.2, 0.25) is 10.0 Å². The summed E-state index contributed by atoms with van der Waals surface area (Å²) >= 11 is 0. The van der Waals surface area contributed by atoms with E-state index in [9.17, 15) is 8.42 Å². The smallest absolute Gasteiger partial charge is 0.243 e. The molecule has 0 amide bonds. The fourth-order valence-corrected chi connectivity index (χ4v) is 2.98. The van der Waals surface area contributed by atoms with E-state index in [1.54, 1.807) is 10.9 Å². The lowest BCUT2D eigenvalue weighted by molar-refractivity contribution is 0.317. The first-order chi connectivity index (χ1) is 9.66. The maximum absolute atomic E-state index is 12.3. The Balaban J connectivity index is 2.66. The van der Waals surface area contributed by atoms with E-state index < -0.39 is 10.0 Å². The average molecular weight is 316 g/mol. The number of aromatic nitrogens is 2. The van der Waals surface area contributed by atoms with Crippen molar-refractivity contribution in [1.82, 2.24) is 19.8 Å². The summed E-state index contributed by atoms with van der Waals surface area (Å²) in [5.41, 5.74) is -0.132. The first-order valence-electron chi connectivity index (χ1n) is 7.42. The molecule has 0 aliphatic rings. The molecule has 2 N–H and O–H groups in total. The number of sulfonamides is 1. The minimum atomic E-state index is -3.51. The Kier molecular flexibility index (Phi) is 6.37. The highest BCUT2D eigenvalue weighted by molar-refractivity contribution is 7.89. The van der Waals surface area contributed by atoms with E-state index in [0.29, 0.717) is 6.54 Å². The van der Waals surface area contributed by atoms with Gasteiger partial charge in [0.05, 0.1) is 12.7 Å². The monoisotopic (exact) mass is 316 g/mol. The van der Waals surface area contributed by atoms with Crippen molar-refractivity contribution in [2.24, 2.45) is 5.41 Å². The summed E-state index contributed by atoms with van der Waals surface area (Å²) in [5.74, 6) is 0. The molecule has 21 heavy (non-hydrogen) atoms. The highest BCUT2D eigenvalue weighted by Gasteiger charge is 2.26. The van der Waals surface area contributed by atoms with E-state index in [1.165, 1.54) is 6.20 Å². The van der Waals surface area contributed by atoms with Gasteiger partial charge >= 0.3 is 0 Å². The molecule has 1 unspecified atom stereocenters. The molecule has 0 saturated carbocycles. The molecule has 0 spiro atoms. The fraction of sp³-hybridized carbons (Fsp3) is 0.786. The summed E-state index contributed by atoms with van der Waals surface area (Å²) in [6.45, 7) is 12.4. The van der Waals surface area contributed by atoms with Gasteiger partial charge in [-0.05, 0) is 25.3 Å². The summed E-state index contributed by atoms with van der Waals surface area (Å²) in [6, 6.07) is -0.155. The molecule has 1 rings (SSSR count). The van der Waals surface area contributed by atoms with Crippen molar-refractivity contribution >= 4 is 10.0 Å². The van der Waals surface area contributed by atoms with Crippen molar-refractivity contribution in [2.45, 2.75) is 58.5 Å². The van der Waals surface area contributed by atoms with E-state index in [0.717, 1.165) is 19.5 Å². The molecule has 1 heterocycles. The third-order valence-corrected chi connectivity index (χ3v) is 4.99. The Labute approximate surface area is 128 Å². The van der Waals surface area contributed by atoms with Gasteiger partial charge in [-0.1, -0.05) is 27.7 Å². The minimum absolute atomic E-state index is 0.132.